The van der Waals surface area contributed by atoms with Gasteiger partial charge in [-0.15, -0.1) is 0 Å². The molecule has 1 aromatic rings. The zero-order valence-corrected chi connectivity index (χ0v) is 10.7. The molecule has 1 fully saturated rings. The molecule has 0 spiro atoms. The van der Waals surface area contributed by atoms with Crippen LogP contribution in [0, 0.1) is 0 Å². The number of nitrogens with one attached hydrogen (secondary N) is 1. The second-order valence-electron chi connectivity index (χ2n) is 4.48. The minimum absolute atomic E-state index is 0.105. The molecule has 0 aromatic heterocycles. The van der Waals surface area contributed by atoms with E-state index in [1.54, 1.807) is 18.2 Å². The Labute approximate surface area is 102 Å². The molecule has 0 heterocycles. The summed E-state index contributed by atoms with van der Waals surface area (Å²) in [6.07, 6.45) is 2.67. The van der Waals surface area contributed by atoms with Crippen LogP contribution >= 0.6 is 0 Å². The second-order valence-corrected chi connectivity index (χ2v) is 6.20. The van der Waals surface area contributed by atoms with E-state index >= 15 is 0 Å². The van der Waals surface area contributed by atoms with E-state index < -0.39 is 10.0 Å². The number of rotatable bonds is 5. The largest absolute Gasteiger partial charge is 0.324 e. The Hall–Kier alpha value is -0.910. The monoisotopic (exact) mass is 254 g/mol. The van der Waals surface area contributed by atoms with Crippen molar-refractivity contribution in [3.05, 3.63) is 29.8 Å². The van der Waals surface area contributed by atoms with Crippen molar-refractivity contribution in [1.82, 2.24) is 4.72 Å². The molecular weight excluding hydrogens is 236 g/mol. The van der Waals surface area contributed by atoms with Crippen molar-refractivity contribution in [2.45, 2.75) is 43.2 Å². The van der Waals surface area contributed by atoms with Gasteiger partial charge in [0.15, 0.2) is 0 Å². The van der Waals surface area contributed by atoms with Crippen LogP contribution in [0.5, 0.6) is 0 Å². The van der Waals surface area contributed by atoms with Crippen LogP contribution in [0.15, 0.2) is 29.2 Å². The van der Waals surface area contributed by atoms with Gasteiger partial charge < -0.3 is 5.73 Å². The maximum Gasteiger partial charge on any atom is 0.240 e. The molecule has 0 amide bonds. The summed E-state index contributed by atoms with van der Waals surface area (Å²) in [5, 5.41) is 0. The Morgan fingerprint density at radius 1 is 1.47 bits per heavy atom. The highest BCUT2D eigenvalue weighted by molar-refractivity contribution is 7.89. The van der Waals surface area contributed by atoms with Gasteiger partial charge in [-0.05, 0) is 37.0 Å². The van der Waals surface area contributed by atoms with Gasteiger partial charge in [-0.3, -0.25) is 0 Å². The van der Waals surface area contributed by atoms with Crippen LogP contribution in [-0.4, -0.2) is 14.5 Å². The van der Waals surface area contributed by atoms with Gasteiger partial charge in [-0.2, -0.15) is 0 Å². The maximum atomic E-state index is 12.0. The van der Waals surface area contributed by atoms with Gasteiger partial charge in [0, 0.05) is 12.1 Å². The maximum absolute atomic E-state index is 12.0. The molecule has 1 unspecified atom stereocenters. The average Bonchev–Trinajstić information content (AvgIpc) is 3.11. The third-order valence-electron chi connectivity index (χ3n) is 2.94. The lowest BCUT2D eigenvalue weighted by Gasteiger charge is -2.11. The van der Waals surface area contributed by atoms with Crippen molar-refractivity contribution in [3.8, 4) is 0 Å². The van der Waals surface area contributed by atoms with Gasteiger partial charge in [0.25, 0.3) is 0 Å². The van der Waals surface area contributed by atoms with Crippen LogP contribution in [0.4, 0.5) is 0 Å². The van der Waals surface area contributed by atoms with Gasteiger partial charge >= 0.3 is 0 Å². The second kappa shape index (κ2) is 4.76. The van der Waals surface area contributed by atoms with Gasteiger partial charge in [0.1, 0.15) is 0 Å². The van der Waals surface area contributed by atoms with E-state index in [9.17, 15) is 8.42 Å². The summed E-state index contributed by atoms with van der Waals surface area (Å²) in [4.78, 5) is 0.311. The minimum atomic E-state index is -3.37. The van der Waals surface area contributed by atoms with Gasteiger partial charge in [-0.25, -0.2) is 13.1 Å². The number of hydrogen-bond donors (Lipinski definition) is 2. The first kappa shape index (κ1) is 12.5. The quantitative estimate of drug-likeness (QED) is 0.837. The normalized spacial score (nSPS) is 18.0. The summed E-state index contributed by atoms with van der Waals surface area (Å²) in [6, 6.07) is 6.90. The van der Waals surface area contributed by atoms with E-state index in [1.165, 1.54) is 0 Å². The van der Waals surface area contributed by atoms with Crippen LogP contribution in [-0.2, 0) is 10.0 Å². The fourth-order valence-electron chi connectivity index (χ4n) is 1.64. The molecule has 94 valence electrons. The van der Waals surface area contributed by atoms with Crippen LogP contribution in [0.25, 0.3) is 0 Å². The van der Waals surface area contributed by atoms with Crippen molar-refractivity contribution in [3.63, 3.8) is 0 Å². The average molecular weight is 254 g/mol. The molecule has 0 radical (unpaired) electrons. The summed E-state index contributed by atoms with van der Waals surface area (Å²) in [7, 11) is -3.37. The SMILES string of the molecule is CCC(N)c1cccc(S(=O)(=O)NC2CC2)c1. The molecule has 1 aliphatic rings. The fraction of sp³-hybridized carbons (Fsp3) is 0.500. The molecular formula is C12H18N2O2S. The standard InChI is InChI=1S/C12H18N2O2S/c1-2-12(13)9-4-3-5-11(8-9)17(15,16)14-10-6-7-10/h3-5,8,10,12,14H,2,6-7,13H2,1H3. The Balaban J connectivity index is 2.25. The van der Waals surface area contributed by atoms with Crippen LogP contribution in [0.1, 0.15) is 37.8 Å². The molecule has 0 bridgehead atoms. The zero-order valence-electron chi connectivity index (χ0n) is 9.89. The van der Waals surface area contributed by atoms with Crippen LogP contribution in [0.3, 0.4) is 0 Å². The lowest BCUT2D eigenvalue weighted by Crippen LogP contribution is -2.26. The number of hydrogen-bond acceptors (Lipinski definition) is 3. The van der Waals surface area contributed by atoms with E-state index in [-0.39, 0.29) is 12.1 Å². The third-order valence-corrected chi connectivity index (χ3v) is 4.45. The summed E-state index contributed by atoms with van der Waals surface area (Å²) < 4.78 is 26.6. The Morgan fingerprint density at radius 2 is 2.18 bits per heavy atom. The highest BCUT2D eigenvalue weighted by Gasteiger charge is 2.28. The summed E-state index contributed by atoms with van der Waals surface area (Å²) >= 11 is 0. The van der Waals surface area contributed by atoms with Gasteiger partial charge in [0.2, 0.25) is 10.0 Å². The fourth-order valence-corrected chi connectivity index (χ4v) is 3.00. The molecule has 1 aromatic carbocycles. The van der Waals surface area contributed by atoms with Crippen molar-refractivity contribution in [1.29, 1.82) is 0 Å². The topological polar surface area (TPSA) is 72.2 Å². The molecule has 3 N–H and O–H groups in total. The third kappa shape index (κ3) is 3.06. The summed E-state index contributed by atoms with van der Waals surface area (Å²) in [5.41, 5.74) is 6.77. The van der Waals surface area contributed by atoms with Crippen molar-refractivity contribution in [2.75, 3.05) is 0 Å². The zero-order chi connectivity index (χ0) is 12.5. The Morgan fingerprint density at radius 3 is 2.76 bits per heavy atom. The van der Waals surface area contributed by atoms with Gasteiger partial charge in [0.05, 0.1) is 4.90 Å². The molecule has 1 saturated carbocycles. The smallest absolute Gasteiger partial charge is 0.240 e. The molecule has 2 rings (SSSR count). The molecule has 5 heteroatoms. The summed E-state index contributed by atoms with van der Waals surface area (Å²) in [6.45, 7) is 1.98. The molecule has 1 aliphatic carbocycles. The number of sulfonamides is 1. The van der Waals surface area contributed by atoms with E-state index in [1.807, 2.05) is 13.0 Å². The lowest BCUT2D eigenvalue weighted by molar-refractivity contribution is 0.580. The highest BCUT2D eigenvalue weighted by Crippen LogP contribution is 2.23. The predicted octanol–water partition coefficient (Wildman–Crippen LogP) is 1.54. The van der Waals surface area contributed by atoms with E-state index in [0.717, 1.165) is 24.8 Å². The lowest BCUT2D eigenvalue weighted by atomic mass is 10.1. The van der Waals surface area contributed by atoms with Crippen molar-refractivity contribution in [2.24, 2.45) is 5.73 Å². The Kier molecular flexibility index (Phi) is 3.51. The molecule has 17 heavy (non-hydrogen) atoms. The molecule has 0 saturated heterocycles. The van der Waals surface area contributed by atoms with E-state index in [2.05, 4.69) is 4.72 Å². The highest BCUT2D eigenvalue weighted by atomic mass is 32.2. The first-order valence-corrected chi connectivity index (χ1v) is 7.39. The summed E-state index contributed by atoms with van der Waals surface area (Å²) in [5.74, 6) is 0. The van der Waals surface area contributed by atoms with E-state index in [0.29, 0.717) is 4.90 Å². The van der Waals surface area contributed by atoms with Crippen molar-refractivity contribution < 1.29 is 8.42 Å². The minimum Gasteiger partial charge on any atom is -0.324 e. The van der Waals surface area contributed by atoms with Gasteiger partial charge in [-0.1, -0.05) is 19.1 Å². The first-order valence-electron chi connectivity index (χ1n) is 5.91. The first-order chi connectivity index (χ1) is 8.03. The van der Waals surface area contributed by atoms with Crippen LogP contribution < -0.4 is 10.5 Å². The Bertz CT molecular complexity index is 495. The predicted molar refractivity (Wildman–Crippen MR) is 67.0 cm³/mol. The number of benzene rings is 1. The molecule has 0 aliphatic heterocycles. The molecule has 4 nitrogen and oxygen atoms in total. The van der Waals surface area contributed by atoms with E-state index in [4.69, 9.17) is 5.73 Å². The number of nitrogens with two attached hydrogens (primary N) is 1. The molecule has 1 atom stereocenters. The van der Waals surface area contributed by atoms with Crippen molar-refractivity contribution >= 4 is 10.0 Å². The van der Waals surface area contributed by atoms with Crippen LogP contribution in [0.2, 0.25) is 0 Å².